The van der Waals surface area contributed by atoms with E-state index in [-0.39, 0.29) is 49.8 Å². The molecule has 0 bridgehead atoms. The second kappa shape index (κ2) is 24.0. The summed E-state index contributed by atoms with van der Waals surface area (Å²) in [5.74, 6) is -0.333. The van der Waals surface area contributed by atoms with E-state index in [9.17, 15) is 58.8 Å². The molecule has 0 spiro atoms. The number of aromatic nitrogens is 3. The van der Waals surface area contributed by atoms with Crippen LogP contribution in [0, 0.1) is 12.8 Å². The molecule has 1 aliphatic carbocycles. The van der Waals surface area contributed by atoms with Crippen LogP contribution in [0.5, 0.6) is 0 Å². The third-order valence-corrected chi connectivity index (χ3v) is 12.4. The fourth-order valence-corrected chi connectivity index (χ4v) is 8.39. The second-order valence-corrected chi connectivity index (χ2v) is 17.7. The van der Waals surface area contributed by atoms with Crippen LogP contribution in [0.25, 0.3) is 11.0 Å². The Morgan fingerprint density at radius 1 is 0.812 bits per heavy atom. The van der Waals surface area contributed by atoms with Gasteiger partial charge in [0.15, 0.2) is 18.0 Å². The van der Waals surface area contributed by atoms with Crippen molar-refractivity contribution in [3.8, 4) is 0 Å². The molecule has 12 atom stereocenters. The molecule has 5 rings (SSSR count). The minimum absolute atomic E-state index is 0.00650. The van der Waals surface area contributed by atoms with E-state index in [1.807, 2.05) is 13.0 Å². The van der Waals surface area contributed by atoms with Crippen LogP contribution in [0.1, 0.15) is 25.3 Å². The molecule has 2 fully saturated rings. The predicted molar refractivity (Wildman–Crippen MR) is 213 cm³/mol. The summed E-state index contributed by atoms with van der Waals surface area (Å²) >= 11 is 0. The van der Waals surface area contributed by atoms with Gasteiger partial charge in [0, 0.05) is 31.1 Å². The molecule has 2 aliphatic heterocycles. The van der Waals surface area contributed by atoms with Crippen molar-refractivity contribution in [1.29, 1.82) is 0 Å². The third-order valence-electron chi connectivity index (χ3n) is 9.78. The van der Waals surface area contributed by atoms with Gasteiger partial charge in [-0.2, -0.15) is 4.31 Å². The van der Waals surface area contributed by atoms with E-state index in [0.717, 1.165) is 0 Å². The number of H-pyrrole nitrogens is 1. The number of alkyl carbamates (subject to hydrolysis) is 1. The number of fused-ring (bicyclic) bond motifs is 1. The summed E-state index contributed by atoms with van der Waals surface area (Å²) in [5, 5.41) is 57.3. The van der Waals surface area contributed by atoms with Crippen molar-refractivity contribution >= 4 is 38.7 Å². The van der Waals surface area contributed by atoms with Crippen LogP contribution in [0.4, 0.5) is 4.79 Å². The van der Waals surface area contributed by atoms with E-state index in [2.05, 4.69) is 24.9 Å². The van der Waals surface area contributed by atoms with Crippen LogP contribution in [-0.4, -0.2) is 190 Å². The number of nitrogens with one attached hydrogen (secondary N) is 3. The molecule has 3 aliphatic rings. The molecule has 2 saturated heterocycles. The van der Waals surface area contributed by atoms with E-state index in [1.54, 1.807) is 6.92 Å². The minimum Gasteiger partial charge on any atom is -0.449 e. The summed E-state index contributed by atoms with van der Waals surface area (Å²) < 4.78 is 77.8. The number of phosphoric ester groups is 2. The number of phosphoric acid groups is 2. The van der Waals surface area contributed by atoms with Gasteiger partial charge >= 0.3 is 21.7 Å². The molecular weight excluding hydrogens is 904 g/mol. The lowest BCUT2D eigenvalue weighted by atomic mass is 9.99. The lowest BCUT2D eigenvalue weighted by Crippen LogP contribution is -2.60. The first-order valence-electron chi connectivity index (χ1n) is 20.0. The van der Waals surface area contributed by atoms with Crippen molar-refractivity contribution in [3.05, 3.63) is 40.1 Å². The summed E-state index contributed by atoms with van der Waals surface area (Å²) in [6.07, 6.45) is -13.6. The zero-order chi connectivity index (χ0) is 46.6. The van der Waals surface area contributed by atoms with Crippen LogP contribution in [0.15, 0.2) is 28.8 Å². The molecule has 29 heteroatoms. The molecule has 4 heterocycles. The average molecular weight is 960 g/mol. The summed E-state index contributed by atoms with van der Waals surface area (Å²) in [5.41, 5.74) is 1.39. The highest BCUT2D eigenvalue weighted by molar-refractivity contribution is 7.61. The fourth-order valence-electron chi connectivity index (χ4n) is 6.23. The highest BCUT2D eigenvalue weighted by atomic mass is 31.3. The molecule has 362 valence electrons. The summed E-state index contributed by atoms with van der Waals surface area (Å²) in [6.45, 7) is 4.57. The SMILES string of the molecule is CC1=CC1COC(=O)NCCOCCOCCOCCOCCC(=O)NCC1O[C@H](OP(=O)(O)OP(=O)(O)OC[C@H]2O[C@@H](n3cnc4c(=O)[nH]c(C)cc43)[C@@H](O)C2O)C(O)[C@@H](O)[C@@H]1O. The molecule has 0 aromatic carbocycles. The smallest absolute Gasteiger partial charge is 0.449 e. The summed E-state index contributed by atoms with van der Waals surface area (Å²) in [4.78, 5) is 63.2. The molecule has 0 saturated carbocycles. The Hall–Kier alpha value is -3.28. The standard InChI is InChI=1S/C35H55N5O22P2/c1-19-13-21(19)16-57-35(48)36-4-6-54-8-10-56-12-11-55-9-7-53-5-3-25(41)37-15-23-27(42)29(44)31(46)34(60-23)61-64(51,52)62-63(49,50)58-17-24-28(43)30(45)33(59-24)40-18-38-26-22(40)14-20(2)39-32(26)47/h13-14,18,21,23-24,27-31,33-34,42-46H,3-12,15-17H2,1-2H3,(H,36,48)(H,37,41)(H,39,47)(H,49,50)(H,51,52)/t21?,23?,24-,27-,28?,29+,30+,31?,33-,34-/m1/s1. The van der Waals surface area contributed by atoms with Gasteiger partial charge < -0.3 is 88.7 Å². The first kappa shape index (κ1) is 51.7. The zero-order valence-electron chi connectivity index (χ0n) is 34.7. The van der Waals surface area contributed by atoms with Crippen LogP contribution < -0.4 is 16.2 Å². The van der Waals surface area contributed by atoms with Gasteiger partial charge in [-0.05, 0) is 19.9 Å². The number of amides is 2. The molecule has 6 unspecified atom stereocenters. The van der Waals surface area contributed by atoms with E-state index < -0.39 is 102 Å². The minimum atomic E-state index is -5.71. The largest absolute Gasteiger partial charge is 0.483 e. The summed E-state index contributed by atoms with van der Waals surface area (Å²) in [6, 6.07) is 1.54. The van der Waals surface area contributed by atoms with E-state index in [0.29, 0.717) is 45.3 Å². The molecule has 64 heavy (non-hydrogen) atoms. The first-order valence-corrected chi connectivity index (χ1v) is 23.0. The zero-order valence-corrected chi connectivity index (χ0v) is 36.5. The Balaban J connectivity index is 0.922. The van der Waals surface area contributed by atoms with Gasteiger partial charge in [-0.1, -0.05) is 11.6 Å². The monoisotopic (exact) mass is 959 g/mol. The molecule has 2 amide bonds. The number of aliphatic hydroxyl groups is 5. The first-order chi connectivity index (χ1) is 30.4. The second-order valence-electron chi connectivity index (χ2n) is 14.7. The number of carbonyl (C=O) groups excluding carboxylic acids is 2. The predicted octanol–water partition coefficient (Wildman–Crippen LogP) is -2.41. The fraction of sp³-hybridized carbons (Fsp3) is 0.714. The van der Waals surface area contributed by atoms with E-state index >= 15 is 0 Å². The maximum absolute atomic E-state index is 12.8. The third kappa shape index (κ3) is 15.4. The van der Waals surface area contributed by atoms with Crippen LogP contribution in [-0.2, 0) is 60.4 Å². The van der Waals surface area contributed by atoms with Crippen LogP contribution in [0.2, 0.25) is 0 Å². The molecular formula is C35H55N5O22P2. The molecule has 10 N–H and O–H groups in total. The number of nitrogens with zero attached hydrogens (tertiary/aromatic N) is 2. The lowest BCUT2D eigenvalue weighted by molar-refractivity contribution is -0.273. The number of hydrogen-bond acceptors (Lipinski definition) is 21. The van der Waals surface area contributed by atoms with Gasteiger partial charge in [0.2, 0.25) is 5.91 Å². The van der Waals surface area contributed by atoms with Gasteiger partial charge in [0.1, 0.15) is 49.3 Å². The van der Waals surface area contributed by atoms with Gasteiger partial charge in [0.05, 0.1) is 71.3 Å². The number of hydrogen-bond donors (Lipinski definition) is 10. The highest BCUT2D eigenvalue weighted by Crippen LogP contribution is 2.61. The van der Waals surface area contributed by atoms with E-state index in [1.165, 1.54) is 22.5 Å². The Kier molecular flexibility index (Phi) is 19.3. The normalized spacial score (nSPS) is 28.6. The number of aryl methyl sites for hydroxylation is 1. The molecule has 0 radical (unpaired) electrons. The number of carbonyl (C=O) groups is 2. The Morgan fingerprint density at radius 2 is 1.44 bits per heavy atom. The van der Waals surface area contributed by atoms with Crippen molar-refractivity contribution in [2.24, 2.45) is 5.92 Å². The Morgan fingerprint density at radius 3 is 2.09 bits per heavy atom. The summed E-state index contributed by atoms with van der Waals surface area (Å²) in [7, 11) is -11.3. The topological polar surface area (TPSA) is 377 Å². The quantitative estimate of drug-likeness (QED) is 0.0253. The lowest BCUT2D eigenvalue weighted by Gasteiger charge is -2.40. The highest BCUT2D eigenvalue weighted by Gasteiger charge is 2.50. The van der Waals surface area contributed by atoms with Gasteiger partial charge in [0.25, 0.3) is 5.56 Å². The molecule has 2 aromatic rings. The van der Waals surface area contributed by atoms with Gasteiger partial charge in [-0.3, -0.25) is 18.6 Å². The van der Waals surface area contributed by atoms with Gasteiger partial charge in [-0.15, -0.1) is 0 Å². The van der Waals surface area contributed by atoms with Crippen molar-refractivity contribution in [2.75, 3.05) is 79.2 Å². The van der Waals surface area contributed by atoms with Crippen molar-refractivity contribution < 1.29 is 101 Å². The van der Waals surface area contributed by atoms with E-state index in [4.69, 9.17) is 42.2 Å². The Labute approximate surface area is 364 Å². The average Bonchev–Trinajstić information content (AvgIpc) is 3.66. The number of ether oxygens (including phenoxy) is 7. The molecule has 27 nitrogen and oxygen atoms in total. The maximum atomic E-state index is 12.8. The number of pyridine rings is 1. The number of rotatable bonds is 27. The van der Waals surface area contributed by atoms with Crippen molar-refractivity contribution in [3.63, 3.8) is 0 Å². The number of aromatic amines is 1. The van der Waals surface area contributed by atoms with Crippen LogP contribution in [0.3, 0.4) is 0 Å². The Bertz CT molecular complexity index is 2040. The van der Waals surface area contributed by atoms with Gasteiger partial charge in [-0.25, -0.2) is 18.9 Å². The number of imidazole rings is 1. The van der Waals surface area contributed by atoms with Crippen molar-refractivity contribution in [1.82, 2.24) is 25.2 Å². The van der Waals surface area contributed by atoms with Crippen molar-refractivity contribution in [2.45, 2.75) is 75.5 Å². The maximum Gasteiger partial charge on any atom is 0.483 e. The molecule has 2 aromatic heterocycles. The van der Waals surface area contributed by atoms with Crippen LogP contribution >= 0.6 is 15.6 Å². The number of aliphatic hydroxyl groups excluding tert-OH is 5.